The van der Waals surface area contributed by atoms with Gasteiger partial charge >= 0.3 is 0 Å². The molecule has 1 aliphatic carbocycles. The SMILES string of the molecule is COC1CCC(NC(C)C)C1. The molecule has 1 aliphatic rings. The van der Waals surface area contributed by atoms with Crippen molar-refractivity contribution in [2.24, 2.45) is 0 Å². The normalized spacial score (nSPS) is 31.6. The van der Waals surface area contributed by atoms with Gasteiger partial charge in [0.05, 0.1) is 6.10 Å². The van der Waals surface area contributed by atoms with E-state index in [9.17, 15) is 0 Å². The lowest BCUT2D eigenvalue weighted by Gasteiger charge is -2.15. The Hall–Kier alpha value is -0.0800. The molecule has 0 aliphatic heterocycles. The zero-order valence-corrected chi connectivity index (χ0v) is 7.76. The molecular weight excluding hydrogens is 138 g/mol. The third-order valence-electron chi connectivity index (χ3n) is 2.29. The standard InChI is InChI=1S/C9H19NO/c1-7(2)10-8-4-5-9(6-8)11-3/h7-10H,4-6H2,1-3H3. The highest BCUT2D eigenvalue weighted by atomic mass is 16.5. The lowest BCUT2D eigenvalue weighted by atomic mass is 10.2. The van der Waals surface area contributed by atoms with Crippen molar-refractivity contribution in [3.8, 4) is 0 Å². The number of methoxy groups -OCH3 is 1. The first-order valence-electron chi connectivity index (χ1n) is 4.51. The molecular formula is C9H19NO. The van der Waals surface area contributed by atoms with Crippen molar-refractivity contribution in [3.63, 3.8) is 0 Å². The number of hydrogen-bond acceptors (Lipinski definition) is 2. The minimum atomic E-state index is 0.506. The first kappa shape index (κ1) is 9.01. The Morgan fingerprint density at radius 1 is 1.36 bits per heavy atom. The summed E-state index contributed by atoms with van der Waals surface area (Å²) >= 11 is 0. The predicted molar refractivity (Wildman–Crippen MR) is 46.7 cm³/mol. The molecule has 2 nitrogen and oxygen atoms in total. The van der Waals surface area contributed by atoms with Crippen LogP contribution in [0.15, 0.2) is 0 Å². The molecule has 66 valence electrons. The van der Waals surface area contributed by atoms with Crippen LogP contribution in [0.5, 0.6) is 0 Å². The van der Waals surface area contributed by atoms with Gasteiger partial charge in [0.2, 0.25) is 0 Å². The Balaban J connectivity index is 2.19. The van der Waals surface area contributed by atoms with Gasteiger partial charge in [-0.05, 0) is 19.3 Å². The fraction of sp³-hybridized carbons (Fsp3) is 1.00. The van der Waals surface area contributed by atoms with E-state index in [-0.39, 0.29) is 0 Å². The fourth-order valence-electron chi connectivity index (χ4n) is 1.78. The second kappa shape index (κ2) is 4.07. The summed E-state index contributed by atoms with van der Waals surface area (Å²) < 4.78 is 5.28. The van der Waals surface area contributed by atoms with Gasteiger partial charge in [-0.1, -0.05) is 13.8 Å². The Bertz CT molecular complexity index is 114. The molecule has 0 spiro atoms. The maximum absolute atomic E-state index is 5.28. The van der Waals surface area contributed by atoms with E-state index < -0.39 is 0 Å². The van der Waals surface area contributed by atoms with Crippen molar-refractivity contribution in [1.29, 1.82) is 0 Å². The highest BCUT2D eigenvalue weighted by Gasteiger charge is 2.24. The van der Waals surface area contributed by atoms with Crippen LogP contribution in [0.2, 0.25) is 0 Å². The van der Waals surface area contributed by atoms with E-state index in [1.807, 2.05) is 7.11 Å². The van der Waals surface area contributed by atoms with Crippen molar-refractivity contribution in [2.45, 2.75) is 51.3 Å². The van der Waals surface area contributed by atoms with Crippen LogP contribution in [0, 0.1) is 0 Å². The van der Waals surface area contributed by atoms with Gasteiger partial charge in [0, 0.05) is 19.2 Å². The first-order chi connectivity index (χ1) is 5.22. The van der Waals surface area contributed by atoms with Gasteiger partial charge in [-0.15, -0.1) is 0 Å². The maximum atomic E-state index is 5.28. The van der Waals surface area contributed by atoms with Crippen LogP contribution < -0.4 is 5.32 Å². The van der Waals surface area contributed by atoms with Crippen LogP contribution in [-0.2, 0) is 4.74 Å². The summed E-state index contributed by atoms with van der Waals surface area (Å²) in [5.74, 6) is 0. The molecule has 1 saturated carbocycles. The van der Waals surface area contributed by atoms with Gasteiger partial charge in [-0.3, -0.25) is 0 Å². The van der Waals surface area contributed by atoms with Gasteiger partial charge in [0.25, 0.3) is 0 Å². The number of nitrogens with one attached hydrogen (secondary N) is 1. The second-order valence-electron chi connectivity index (χ2n) is 3.69. The molecule has 0 amide bonds. The molecule has 0 saturated heterocycles. The molecule has 2 unspecified atom stereocenters. The fourth-order valence-corrected chi connectivity index (χ4v) is 1.78. The Morgan fingerprint density at radius 3 is 2.55 bits per heavy atom. The van der Waals surface area contributed by atoms with Crippen LogP contribution in [0.4, 0.5) is 0 Å². The van der Waals surface area contributed by atoms with Crippen molar-refractivity contribution >= 4 is 0 Å². The van der Waals surface area contributed by atoms with Crippen LogP contribution in [0.3, 0.4) is 0 Å². The number of hydrogen-bond donors (Lipinski definition) is 1. The molecule has 0 heterocycles. The average molecular weight is 157 g/mol. The predicted octanol–water partition coefficient (Wildman–Crippen LogP) is 1.55. The zero-order valence-electron chi connectivity index (χ0n) is 7.76. The van der Waals surface area contributed by atoms with Crippen LogP contribution in [0.1, 0.15) is 33.1 Å². The largest absolute Gasteiger partial charge is 0.381 e. The van der Waals surface area contributed by atoms with Crippen molar-refractivity contribution in [2.75, 3.05) is 7.11 Å². The number of ether oxygens (including phenoxy) is 1. The highest BCUT2D eigenvalue weighted by molar-refractivity contribution is 4.81. The van der Waals surface area contributed by atoms with E-state index in [1.165, 1.54) is 19.3 Å². The molecule has 0 aromatic rings. The second-order valence-corrected chi connectivity index (χ2v) is 3.69. The van der Waals surface area contributed by atoms with Crippen LogP contribution >= 0.6 is 0 Å². The summed E-state index contributed by atoms with van der Waals surface area (Å²) in [5.41, 5.74) is 0. The van der Waals surface area contributed by atoms with Gasteiger partial charge in [0.15, 0.2) is 0 Å². The molecule has 2 atom stereocenters. The summed E-state index contributed by atoms with van der Waals surface area (Å²) in [5, 5.41) is 3.53. The van der Waals surface area contributed by atoms with E-state index in [2.05, 4.69) is 19.2 Å². The van der Waals surface area contributed by atoms with Crippen LogP contribution in [0.25, 0.3) is 0 Å². The monoisotopic (exact) mass is 157 g/mol. The van der Waals surface area contributed by atoms with Gasteiger partial charge < -0.3 is 10.1 Å². The van der Waals surface area contributed by atoms with E-state index >= 15 is 0 Å². The summed E-state index contributed by atoms with van der Waals surface area (Å²) in [6.07, 6.45) is 4.19. The molecule has 0 aromatic heterocycles. The molecule has 1 fully saturated rings. The van der Waals surface area contributed by atoms with Gasteiger partial charge in [-0.25, -0.2) is 0 Å². The smallest absolute Gasteiger partial charge is 0.0586 e. The minimum Gasteiger partial charge on any atom is -0.381 e. The van der Waals surface area contributed by atoms with Crippen LogP contribution in [-0.4, -0.2) is 25.3 Å². The third-order valence-corrected chi connectivity index (χ3v) is 2.29. The van der Waals surface area contributed by atoms with Gasteiger partial charge in [0.1, 0.15) is 0 Å². The van der Waals surface area contributed by atoms with Gasteiger partial charge in [-0.2, -0.15) is 0 Å². The first-order valence-corrected chi connectivity index (χ1v) is 4.51. The Morgan fingerprint density at radius 2 is 2.09 bits per heavy atom. The van der Waals surface area contributed by atoms with E-state index in [4.69, 9.17) is 4.74 Å². The van der Waals surface area contributed by atoms with Crippen molar-refractivity contribution in [3.05, 3.63) is 0 Å². The lowest BCUT2D eigenvalue weighted by molar-refractivity contribution is 0.106. The number of rotatable bonds is 3. The van der Waals surface area contributed by atoms with Crippen molar-refractivity contribution in [1.82, 2.24) is 5.32 Å². The maximum Gasteiger partial charge on any atom is 0.0586 e. The quantitative estimate of drug-likeness (QED) is 0.671. The minimum absolute atomic E-state index is 0.506. The third kappa shape index (κ3) is 2.80. The van der Waals surface area contributed by atoms with E-state index in [1.54, 1.807) is 0 Å². The molecule has 2 heteroatoms. The molecule has 0 bridgehead atoms. The van der Waals surface area contributed by atoms with E-state index in [0.29, 0.717) is 18.2 Å². The Kier molecular flexibility index (Phi) is 3.34. The highest BCUT2D eigenvalue weighted by Crippen LogP contribution is 2.21. The van der Waals surface area contributed by atoms with E-state index in [0.717, 1.165) is 0 Å². The molecule has 0 aromatic carbocycles. The summed E-state index contributed by atoms with van der Waals surface area (Å²) in [6.45, 7) is 4.39. The topological polar surface area (TPSA) is 21.3 Å². The zero-order chi connectivity index (χ0) is 8.27. The lowest BCUT2D eigenvalue weighted by Crippen LogP contribution is -2.33. The summed E-state index contributed by atoms with van der Waals surface area (Å²) in [7, 11) is 1.81. The summed E-state index contributed by atoms with van der Waals surface area (Å²) in [6, 6.07) is 1.30. The average Bonchev–Trinajstić information content (AvgIpc) is 2.34. The molecule has 1 rings (SSSR count). The van der Waals surface area contributed by atoms with Crippen molar-refractivity contribution < 1.29 is 4.74 Å². The summed E-state index contributed by atoms with van der Waals surface area (Å²) in [4.78, 5) is 0. The molecule has 0 radical (unpaired) electrons. The molecule has 11 heavy (non-hydrogen) atoms. The molecule has 1 N–H and O–H groups in total. The Labute approximate surface area is 69.3 Å².